The lowest BCUT2D eigenvalue weighted by Gasteiger charge is -2.24. The quantitative estimate of drug-likeness (QED) is 0.866. The van der Waals surface area contributed by atoms with Crippen LogP contribution >= 0.6 is 11.6 Å². The van der Waals surface area contributed by atoms with Crippen LogP contribution in [-0.4, -0.2) is 17.8 Å². The van der Waals surface area contributed by atoms with Gasteiger partial charge in [0, 0.05) is 12.1 Å². The summed E-state index contributed by atoms with van der Waals surface area (Å²) in [7, 11) is 1.69. The zero-order valence-corrected chi connectivity index (χ0v) is 11.7. The molecule has 96 valence electrons. The molecular weight excluding hydrogens is 236 g/mol. The number of aliphatic hydroxyl groups excluding tert-OH is 1. The third kappa shape index (κ3) is 4.30. The number of methoxy groups -OCH3 is 1. The first-order chi connectivity index (χ1) is 7.85. The zero-order chi connectivity index (χ0) is 13.1. The molecule has 17 heavy (non-hydrogen) atoms. The van der Waals surface area contributed by atoms with Crippen molar-refractivity contribution < 1.29 is 9.84 Å². The Bertz CT molecular complexity index is 374. The van der Waals surface area contributed by atoms with Gasteiger partial charge in [0.25, 0.3) is 0 Å². The summed E-state index contributed by atoms with van der Waals surface area (Å²) in [6, 6.07) is 5.64. The summed E-state index contributed by atoms with van der Waals surface area (Å²) in [6.45, 7) is 5.98. The zero-order valence-electron chi connectivity index (χ0n) is 11.0. The number of aryl methyl sites for hydroxylation is 1. The maximum absolute atomic E-state index is 10.1. The average Bonchev–Trinajstić information content (AvgIpc) is 2.30. The van der Waals surface area contributed by atoms with E-state index in [9.17, 15) is 5.11 Å². The molecule has 0 radical (unpaired) electrons. The predicted molar refractivity (Wildman–Crippen MR) is 71.5 cm³/mol. The fourth-order valence-electron chi connectivity index (χ4n) is 1.63. The Balaban J connectivity index is 2.64. The Morgan fingerprint density at radius 3 is 2.59 bits per heavy atom. The monoisotopic (exact) mass is 256 g/mol. The fraction of sp³-hybridized carbons (Fsp3) is 0.571. The van der Waals surface area contributed by atoms with Crippen LogP contribution in [0.3, 0.4) is 0 Å². The molecule has 2 nitrogen and oxygen atoms in total. The van der Waals surface area contributed by atoms with E-state index in [0.717, 1.165) is 22.6 Å². The van der Waals surface area contributed by atoms with E-state index in [0.29, 0.717) is 6.42 Å². The van der Waals surface area contributed by atoms with Crippen molar-refractivity contribution in [2.24, 2.45) is 0 Å². The van der Waals surface area contributed by atoms with Crippen LogP contribution in [0.4, 0.5) is 0 Å². The molecule has 0 saturated carbocycles. The molecule has 1 atom stereocenters. The molecule has 1 aromatic rings. The number of ether oxygens (including phenoxy) is 1. The summed E-state index contributed by atoms with van der Waals surface area (Å²) in [6.07, 6.45) is 1.04. The lowest BCUT2D eigenvalue weighted by atomic mass is 9.96. The van der Waals surface area contributed by atoms with Crippen molar-refractivity contribution in [2.45, 2.75) is 45.3 Å². The van der Waals surface area contributed by atoms with Gasteiger partial charge in [0.1, 0.15) is 0 Å². The minimum Gasteiger partial charge on any atom is -0.388 e. The van der Waals surface area contributed by atoms with Crippen molar-refractivity contribution >= 4 is 11.6 Å². The van der Waals surface area contributed by atoms with Crippen molar-refractivity contribution in [3.8, 4) is 0 Å². The molecule has 0 aliphatic rings. The third-order valence-electron chi connectivity index (χ3n) is 3.14. The van der Waals surface area contributed by atoms with Gasteiger partial charge >= 0.3 is 0 Å². The van der Waals surface area contributed by atoms with Crippen molar-refractivity contribution in [3.05, 3.63) is 34.3 Å². The molecule has 0 bridgehead atoms. The molecule has 0 fully saturated rings. The third-order valence-corrected chi connectivity index (χ3v) is 3.56. The number of hydrogen-bond donors (Lipinski definition) is 1. The van der Waals surface area contributed by atoms with Crippen LogP contribution in [-0.2, 0) is 4.74 Å². The standard InChI is InChI=1S/C14H21ClO2/c1-10-9-11(5-6-12(10)15)13(16)7-8-14(2,3)17-4/h5-6,9,13,16H,7-8H2,1-4H3. The maximum atomic E-state index is 10.1. The van der Waals surface area contributed by atoms with Crippen molar-refractivity contribution in [1.82, 2.24) is 0 Å². The normalized spacial score (nSPS) is 13.8. The van der Waals surface area contributed by atoms with E-state index >= 15 is 0 Å². The summed E-state index contributed by atoms with van der Waals surface area (Å²) < 4.78 is 5.33. The molecule has 0 heterocycles. The smallest absolute Gasteiger partial charge is 0.0791 e. The summed E-state index contributed by atoms with van der Waals surface area (Å²) >= 11 is 5.96. The van der Waals surface area contributed by atoms with E-state index in [1.165, 1.54) is 0 Å². The van der Waals surface area contributed by atoms with E-state index in [2.05, 4.69) is 0 Å². The van der Waals surface area contributed by atoms with Gasteiger partial charge in [-0.15, -0.1) is 0 Å². The Hall–Kier alpha value is -0.570. The minimum atomic E-state index is -0.458. The first-order valence-electron chi connectivity index (χ1n) is 5.85. The largest absolute Gasteiger partial charge is 0.388 e. The second-order valence-electron chi connectivity index (χ2n) is 5.03. The number of rotatable bonds is 5. The predicted octanol–water partition coefficient (Wildman–Crippen LogP) is 3.89. The summed E-state index contributed by atoms with van der Waals surface area (Å²) in [5, 5.41) is 10.8. The van der Waals surface area contributed by atoms with Crippen LogP contribution < -0.4 is 0 Å². The fourth-order valence-corrected chi connectivity index (χ4v) is 1.75. The van der Waals surface area contributed by atoms with Crippen LogP contribution in [0, 0.1) is 6.92 Å². The molecule has 0 amide bonds. The van der Waals surface area contributed by atoms with Gasteiger partial charge in [0.2, 0.25) is 0 Å². The first-order valence-corrected chi connectivity index (χ1v) is 6.23. The van der Waals surface area contributed by atoms with Gasteiger partial charge in [0.15, 0.2) is 0 Å². The van der Waals surface area contributed by atoms with Gasteiger partial charge in [-0.2, -0.15) is 0 Å². The lowest BCUT2D eigenvalue weighted by Crippen LogP contribution is -2.23. The van der Waals surface area contributed by atoms with Gasteiger partial charge in [-0.3, -0.25) is 0 Å². The Morgan fingerprint density at radius 1 is 1.41 bits per heavy atom. The van der Waals surface area contributed by atoms with Crippen LogP contribution in [0.25, 0.3) is 0 Å². The summed E-state index contributed by atoms with van der Waals surface area (Å²) in [4.78, 5) is 0. The van der Waals surface area contributed by atoms with E-state index in [1.54, 1.807) is 7.11 Å². The maximum Gasteiger partial charge on any atom is 0.0791 e. The molecule has 0 saturated heterocycles. The topological polar surface area (TPSA) is 29.5 Å². The molecular formula is C14H21ClO2. The van der Waals surface area contributed by atoms with Crippen molar-refractivity contribution in [3.63, 3.8) is 0 Å². The highest BCUT2D eigenvalue weighted by molar-refractivity contribution is 6.31. The highest BCUT2D eigenvalue weighted by Gasteiger charge is 2.19. The van der Waals surface area contributed by atoms with E-state index in [1.807, 2.05) is 39.0 Å². The van der Waals surface area contributed by atoms with Crippen LogP contribution in [0.1, 0.15) is 43.9 Å². The number of benzene rings is 1. The Kier molecular flexibility index (Phi) is 4.99. The number of hydrogen-bond acceptors (Lipinski definition) is 2. The molecule has 0 spiro atoms. The molecule has 0 aromatic heterocycles. The van der Waals surface area contributed by atoms with Crippen molar-refractivity contribution in [2.75, 3.05) is 7.11 Å². The van der Waals surface area contributed by atoms with Crippen molar-refractivity contribution in [1.29, 1.82) is 0 Å². The molecule has 1 aromatic carbocycles. The summed E-state index contributed by atoms with van der Waals surface area (Å²) in [5.41, 5.74) is 1.72. The highest BCUT2D eigenvalue weighted by atomic mass is 35.5. The van der Waals surface area contributed by atoms with E-state index in [4.69, 9.17) is 16.3 Å². The second-order valence-corrected chi connectivity index (χ2v) is 5.43. The molecule has 1 rings (SSSR count). The Morgan fingerprint density at radius 2 is 2.06 bits per heavy atom. The van der Waals surface area contributed by atoms with Gasteiger partial charge < -0.3 is 9.84 Å². The first kappa shape index (κ1) is 14.5. The molecule has 0 aliphatic heterocycles. The molecule has 0 aliphatic carbocycles. The van der Waals surface area contributed by atoms with Crippen LogP contribution in [0.5, 0.6) is 0 Å². The number of aliphatic hydroxyl groups is 1. The van der Waals surface area contributed by atoms with E-state index < -0.39 is 6.10 Å². The molecule has 1 unspecified atom stereocenters. The SMILES string of the molecule is COC(C)(C)CCC(O)c1ccc(Cl)c(C)c1. The van der Waals surface area contributed by atoms with Crippen LogP contribution in [0.2, 0.25) is 5.02 Å². The van der Waals surface area contributed by atoms with E-state index in [-0.39, 0.29) is 5.60 Å². The van der Waals surface area contributed by atoms with Gasteiger partial charge in [-0.05, 0) is 50.8 Å². The molecule has 3 heteroatoms. The Labute approximate surface area is 109 Å². The minimum absolute atomic E-state index is 0.192. The second kappa shape index (κ2) is 5.85. The lowest BCUT2D eigenvalue weighted by molar-refractivity contribution is 0.00278. The summed E-state index contributed by atoms with van der Waals surface area (Å²) in [5.74, 6) is 0. The highest BCUT2D eigenvalue weighted by Crippen LogP contribution is 2.26. The average molecular weight is 257 g/mol. The van der Waals surface area contributed by atoms with Gasteiger partial charge in [-0.25, -0.2) is 0 Å². The molecule has 1 N–H and O–H groups in total. The van der Waals surface area contributed by atoms with Gasteiger partial charge in [0.05, 0.1) is 11.7 Å². The van der Waals surface area contributed by atoms with Crippen LogP contribution in [0.15, 0.2) is 18.2 Å². The van der Waals surface area contributed by atoms with Gasteiger partial charge in [-0.1, -0.05) is 23.7 Å². The number of halogens is 1.